The number of hydrogen-bond acceptors (Lipinski definition) is 3. The number of carbonyl (C=O) groups is 3. The average Bonchev–Trinajstić information content (AvgIpc) is 3.07. The van der Waals surface area contributed by atoms with E-state index in [4.69, 9.17) is 5.11 Å². The first-order chi connectivity index (χ1) is 8.37. The highest BCUT2D eigenvalue weighted by Gasteiger charge is 2.50. The molecule has 0 heterocycles. The summed E-state index contributed by atoms with van der Waals surface area (Å²) in [4.78, 5) is 34.9. The predicted octanol–water partition coefficient (Wildman–Crippen LogP) is -0.371. The van der Waals surface area contributed by atoms with Crippen LogP contribution < -0.4 is 10.6 Å². The Bertz CT molecular complexity index is 350. The highest BCUT2D eigenvalue weighted by molar-refractivity contribution is 5.80. The minimum Gasteiger partial charge on any atom is -0.481 e. The molecule has 3 amide bonds. The van der Waals surface area contributed by atoms with E-state index in [0.717, 1.165) is 0 Å². The number of carboxylic acid groups (broad SMARTS) is 1. The van der Waals surface area contributed by atoms with Crippen LogP contribution in [0.15, 0.2) is 0 Å². The van der Waals surface area contributed by atoms with Crippen molar-refractivity contribution in [1.82, 2.24) is 15.5 Å². The van der Waals surface area contributed by atoms with Crippen LogP contribution >= 0.6 is 0 Å². The van der Waals surface area contributed by atoms with Crippen LogP contribution in [0.4, 0.5) is 4.79 Å². The zero-order chi connectivity index (χ0) is 13.8. The molecular formula is C11H19N3O4. The largest absolute Gasteiger partial charge is 0.481 e. The normalized spacial score (nSPS) is 15.7. The molecule has 0 aromatic carbocycles. The van der Waals surface area contributed by atoms with Crippen LogP contribution in [0.25, 0.3) is 0 Å². The molecule has 0 radical (unpaired) electrons. The molecular weight excluding hydrogens is 238 g/mol. The summed E-state index contributed by atoms with van der Waals surface area (Å²) in [6, 6.07) is -0.436. The van der Waals surface area contributed by atoms with Crippen molar-refractivity contribution < 1.29 is 19.5 Å². The summed E-state index contributed by atoms with van der Waals surface area (Å²) in [5.41, 5.74) is -0.767. The van der Waals surface area contributed by atoms with Crippen molar-refractivity contribution in [3.63, 3.8) is 0 Å². The topological polar surface area (TPSA) is 98.7 Å². The minimum atomic E-state index is -0.870. The number of rotatable bonds is 6. The summed E-state index contributed by atoms with van der Waals surface area (Å²) in [5, 5.41) is 13.9. The molecule has 1 aliphatic rings. The summed E-state index contributed by atoms with van der Waals surface area (Å²) in [6.45, 7) is 0.374. The Kier molecular flexibility index (Phi) is 4.52. The highest BCUT2D eigenvalue weighted by atomic mass is 16.4. The van der Waals surface area contributed by atoms with E-state index < -0.39 is 17.4 Å². The van der Waals surface area contributed by atoms with Crippen LogP contribution in [0.3, 0.4) is 0 Å². The molecule has 7 heteroatoms. The molecule has 0 aromatic rings. The van der Waals surface area contributed by atoms with Crippen LogP contribution in [-0.2, 0) is 9.59 Å². The lowest BCUT2D eigenvalue weighted by molar-refractivity contribution is -0.143. The van der Waals surface area contributed by atoms with Gasteiger partial charge in [-0.3, -0.25) is 9.59 Å². The van der Waals surface area contributed by atoms with Crippen LogP contribution in [0.5, 0.6) is 0 Å². The molecule has 18 heavy (non-hydrogen) atoms. The van der Waals surface area contributed by atoms with Gasteiger partial charge in [-0.1, -0.05) is 0 Å². The smallest absolute Gasteiger partial charge is 0.314 e. The molecule has 0 aromatic heterocycles. The molecule has 0 bridgehead atoms. The number of carboxylic acids is 1. The molecule has 1 rings (SSSR count). The second-order valence-corrected chi connectivity index (χ2v) is 4.73. The van der Waals surface area contributed by atoms with Crippen LogP contribution in [0, 0.1) is 5.41 Å². The van der Waals surface area contributed by atoms with Crippen molar-refractivity contribution in [2.24, 2.45) is 5.41 Å². The lowest BCUT2D eigenvalue weighted by Crippen LogP contribution is -2.41. The molecule has 0 spiro atoms. The fourth-order valence-electron chi connectivity index (χ4n) is 1.44. The van der Waals surface area contributed by atoms with Crippen LogP contribution in [0.1, 0.15) is 19.3 Å². The first-order valence-corrected chi connectivity index (χ1v) is 5.83. The minimum absolute atomic E-state index is 0.0699. The fourth-order valence-corrected chi connectivity index (χ4v) is 1.44. The zero-order valence-electron chi connectivity index (χ0n) is 10.7. The maximum Gasteiger partial charge on any atom is 0.314 e. The van der Waals surface area contributed by atoms with E-state index in [9.17, 15) is 14.4 Å². The molecule has 7 nitrogen and oxygen atoms in total. The summed E-state index contributed by atoms with van der Waals surface area (Å²) < 4.78 is 0. The van der Waals surface area contributed by atoms with Crippen molar-refractivity contribution in [2.75, 3.05) is 27.2 Å². The monoisotopic (exact) mass is 257 g/mol. The van der Waals surface area contributed by atoms with E-state index in [1.807, 2.05) is 0 Å². The van der Waals surface area contributed by atoms with E-state index in [1.54, 1.807) is 14.1 Å². The lowest BCUT2D eigenvalue weighted by Gasteiger charge is -2.13. The van der Waals surface area contributed by atoms with Gasteiger partial charge in [-0.2, -0.15) is 0 Å². The summed E-state index contributed by atoms with van der Waals surface area (Å²) in [6.07, 6.45) is 1.42. The van der Waals surface area contributed by atoms with Gasteiger partial charge in [0.2, 0.25) is 5.91 Å². The predicted molar refractivity (Wildman–Crippen MR) is 64.0 cm³/mol. The van der Waals surface area contributed by atoms with E-state index in [1.165, 1.54) is 4.90 Å². The maximum absolute atomic E-state index is 11.4. The summed E-state index contributed by atoms with van der Waals surface area (Å²) in [7, 11) is 3.29. The Morgan fingerprint density at radius 3 is 2.28 bits per heavy atom. The van der Waals surface area contributed by atoms with Crippen molar-refractivity contribution in [3.8, 4) is 0 Å². The number of nitrogens with zero attached hydrogens (tertiary/aromatic N) is 1. The number of amides is 3. The summed E-state index contributed by atoms with van der Waals surface area (Å²) >= 11 is 0. The molecule has 0 atom stereocenters. The standard InChI is InChI=1S/C11H19N3O4/c1-14(2)8(15)3-6-12-10(18)13-7-11(4-5-11)9(16)17/h3-7H2,1-2H3,(H,16,17)(H2,12,13,18). The van der Waals surface area contributed by atoms with Gasteiger partial charge in [0, 0.05) is 33.6 Å². The maximum atomic E-state index is 11.4. The Morgan fingerprint density at radius 2 is 1.83 bits per heavy atom. The van der Waals surface area contributed by atoms with E-state index in [2.05, 4.69) is 10.6 Å². The van der Waals surface area contributed by atoms with E-state index in [0.29, 0.717) is 12.8 Å². The van der Waals surface area contributed by atoms with Gasteiger partial charge in [-0.05, 0) is 12.8 Å². The lowest BCUT2D eigenvalue weighted by atomic mass is 10.1. The molecule has 1 aliphatic carbocycles. The van der Waals surface area contributed by atoms with E-state index >= 15 is 0 Å². The SMILES string of the molecule is CN(C)C(=O)CCNC(=O)NCC1(C(=O)O)CC1. The third-order valence-electron chi connectivity index (χ3n) is 3.02. The first-order valence-electron chi connectivity index (χ1n) is 5.83. The number of hydrogen-bond donors (Lipinski definition) is 3. The van der Waals surface area contributed by atoms with Crippen molar-refractivity contribution in [1.29, 1.82) is 0 Å². The van der Waals surface area contributed by atoms with Crippen LogP contribution in [0.2, 0.25) is 0 Å². The van der Waals surface area contributed by atoms with Crippen molar-refractivity contribution >= 4 is 17.9 Å². The van der Waals surface area contributed by atoms with Gasteiger partial charge < -0.3 is 20.6 Å². The Labute approximate surface area is 106 Å². The summed E-state index contributed by atoms with van der Waals surface area (Å²) in [5.74, 6) is -0.940. The molecule has 0 unspecified atom stereocenters. The average molecular weight is 257 g/mol. The van der Waals surface area contributed by atoms with Gasteiger partial charge in [0.05, 0.1) is 5.41 Å². The molecule has 0 saturated heterocycles. The van der Waals surface area contributed by atoms with Gasteiger partial charge in [0.15, 0.2) is 0 Å². The Morgan fingerprint density at radius 1 is 1.22 bits per heavy atom. The third kappa shape index (κ3) is 3.90. The second kappa shape index (κ2) is 5.70. The fraction of sp³-hybridized carbons (Fsp3) is 0.727. The number of nitrogens with one attached hydrogen (secondary N) is 2. The van der Waals surface area contributed by atoms with Crippen molar-refractivity contribution in [2.45, 2.75) is 19.3 Å². The molecule has 3 N–H and O–H groups in total. The number of urea groups is 1. The first kappa shape index (κ1) is 14.3. The van der Waals surface area contributed by atoms with Gasteiger partial charge in [-0.15, -0.1) is 0 Å². The van der Waals surface area contributed by atoms with Gasteiger partial charge in [0.25, 0.3) is 0 Å². The molecule has 0 aliphatic heterocycles. The second-order valence-electron chi connectivity index (χ2n) is 4.73. The van der Waals surface area contributed by atoms with Gasteiger partial charge in [0.1, 0.15) is 0 Å². The van der Waals surface area contributed by atoms with E-state index in [-0.39, 0.29) is 25.4 Å². The Balaban J connectivity index is 2.15. The van der Waals surface area contributed by atoms with Gasteiger partial charge >= 0.3 is 12.0 Å². The van der Waals surface area contributed by atoms with Crippen LogP contribution in [-0.4, -0.2) is 55.1 Å². The Hall–Kier alpha value is -1.79. The molecule has 102 valence electrons. The number of aliphatic carboxylic acids is 1. The zero-order valence-corrected chi connectivity index (χ0v) is 10.7. The quantitative estimate of drug-likeness (QED) is 0.604. The third-order valence-corrected chi connectivity index (χ3v) is 3.02. The van der Waals surface area contributed by atoms with Crippen molar-refractivity contribution in [3.05, 3.63) is 0 Å². The highest BCUT2D eigenvalue weighted by Crippen LogP contribution is 2.45. The molecule has 1 fully saturated rings. The van der Waals surface area contributed by atoms with Gasteiger partial charge in [-0.25, -0.2) is 4.79 Å². The number of carbonyl (C=O) groups excluding carboxylic acids is 2. The molecule has 1 saturated carbocycles.